The Labute approximate surface area is 108 Å². The molecule has 0 atom stereocenters. The van der Waals surface area contributed by atoms with E-state index in [1.807, 2.05) is 0 Å². The summed E-state index contributed by atoms with van der Waals surface area (Å²) in [6.07, 6.45) is -2.51. The van der Waals surface area contributed by atoms with Crippen LogP contribution in [0.25, 0.3) is 0 Å². The molecule has 2 rings (SSSR count). The lowest BCUT2D eigenvalue weighted by Crippen LogP contribution is -1.95. The van der Waals surface area contributed by atoms with Crippen molar-refractivity contribution in [2.24, 2.45) is 0 Å². The fourth-order valence-electron chi connectivity index (χ4n) is 1.48. The van der Waals surface area contributed by atoms with E-state index in [0.717, 1.165) is 0 Å². The average molecular weight is 264 g/mol. The second-order valence-electron chi connectivity index (χ2n) is 3.80. The van der Waals surface area contributed by atoms with Crippen LogP contribution >= 0.6 is 0 Å². The standard InChI is InChI=1S/C14H10F2O3/c15-13(16)9-1-5-11(6-2-9)19-12-7-3-10(4-8-12)14(17)18/h1-8,13H,(H,17,18). The normalized spacial score (nSPS) is 10.5. The van der Waals surface area contributed by atoms with E-state index in [0.29, 0.717) is 11.5 Å². The fraction of sp³-hybridized carbons (Fsp3) is 0.0714. The van der Waals surface area contributed by atoms with E-state index in [1.54, 1.807) is 0 Å². The first kappa shape index (κ1) is 13.0. The Morgan fingerprint density at radius 3 is 1.84 bits per heavy atom. The molecule has 1 N–H and O–H groups in total. The maximum atomic E-state index is 12.3. The summed E-state index contributed by atoms with van der Waals surface area (Å²) >= 11 is 0. The summed E-state index contributed by atoms with van der Waals surface area (Å²) in [5.74, 6) is -0.171. The number of carboxylic acids is 1. The van der Waals surface area contributed by atoms with Crippen LogP contribution in [0.1, 0.15) is 22.3 Å². The van der Waals surface area contributed by atoms with E-state index in [-0.39, 0.29) is 11.1 Å². The van der Waals surface area contributed by atoms with Gasteiger partial charge >= 0.3 is 5.97 Å². The minimum atomic E-state index is -2.51. The van der Waals surface area contributed by atoms with Crippen molar-refractivity contribution in [2.45, 2.75) is 6.43 Å². The van der Waals surface area contributed by atoms with Gasteiger partial charge in [0.05, 0.1) is 5.56 Å². The molecule has 0 aliphatic heterocycles. The van der Waals surface area contributed by atoms with Crippen molar-refractivity contribution in [3.05, 3.63) is 59.7 Å². The highest BCUT2D eigenvalue weighted by Gasteiger charge is 2.07. The van der Waals surface area contributed by atoms with Crippen LogP contribution in [0.15, 0.2) is 48.5 Å². The second kappa shape index (κ2) is 5.48. The van der Waals surface area contributed by atoms with Gasteiger partial charge in [0.1, 0.15) is 11.5 Å². The molecule has 0 fully saturated rings. The number of hydrogen-bond acceptors (Lipinski definition) is 2. The van der Waals surface area contributed by atoms with Crippen molar-refractivity contribution in [3.63, 3.8) is 0 Å². The summed E-state index contributed by atoms with van der Waals surface area (Å²) in [5.41, 5.74) is 0.0778. The molecule has 0 unspecified atom stereocenters. The van der Waals surface area contributed by atoms with E-state index in [1.165, 1.54) is 48.5 Å². The van der Waals surface area contributed by atoms with Crippen molar-refractivity contribution in [1.82, 2.24) is 0 Å². The number of carboxylic acid groups (broad SMARTS) is 1. The van der Waals surface area contributed by atoms with Gasteiger partial charge in [-0.25, -0.2) is 13.6 Å². The monoisotopic (exact) mass is 264 g/mol. The van der Waals surface area contributed by atoms with Crippen molar-refractivity contribution in [2.75, 3.05) is 0 Å². The lowest BCUT2D eigenvalue weighted by atomic mass is 10.2. The molecule has 0 amide bonds. The van der Waals surface area contributed by atoms with Crippen LogP contribution in [-0.2, 0) is 0 Å². The number of aromatic carboxylic acids is 1. The number of hydrogen-bond donors (Lipinski definition) is 1. The van der Waals surface area contributed by atoms with Gasteiger partial charge in [-0.1, -0.05) is 0 Å². The van der Waals surface area contributed by atoms with Gasteiger partial charge in [0, 0.05) is 5.56 Å². The Bertz CT molecular complexity index is 562. The average Bonchev–Trinajstić information content (AvgIpc) is 2.40. The molecule has 5 heteroatoms. The number of rotatable bonds is 4. The second-order valence-corrected chi connectivity index (χ2v) is 3.80. The SMILES string of the molecule is O=C(O)c1ccc(Oc2ccc(C(F)F)cc2)cc1. The number of ether oxygens (including phenoxy) is 1. The van der Waals surface area contributed by atoms with Gasteiger partial charge in [0.2, 0.25) is 0 Å². The minimum Gasteiger partial charge on any atom is -0.478 e. The molecule has 0 spiro atoms. The third kappa shape index (κ3) is 3.28. The van der Waals surface area contributed by atoms with Crippen LogP contribution in [0.4, 0.5) is 8.78 Å². The van der Waals surface area contributed by atoms with Gasteiger partial charge in [-0.3, -0.25) is 0 Å². The number of benzene rings is 2. The van der Waals surface area contributed by atoms with Crippen LogP contribution in [0.5, 0.6) is 11.5 Å². The molecule has 3 nitrogen and oxygen atoms in total. The Hall–Kier alpha value is -2.43. The molecule has 98 valence electrons. The summed E-state index contributed by atoms with van der Waals surface area (Å²) in [6, 6.07) is 11.3. The predicted octanol–water partition coefficient (Wildman–Crippen LogP) is 4.11. The van der Waals surface area contributed by atoms with Crippen LogP contribution in [0, 0.1) is 0 Å². The number of alkyl halides is 2. The first-order valence-corrected chi connectivity index (χ1v) is 5.45. The first-order chi connectivity index (χ1) is 9.06. The lowest BCUT2D eigenvalue weighted by Gasteiger charge is -2.06. The molecule has 0 aliphatic rings. The van der Waals surface area contributed by atoms with Gasteiger partial charge in [-0.2, -0.15) is 0 Å². The van der Waals surface area contributed by atoms with Gasteiger partial charge < -0.3 is 9.84 Å². The molecule has 0 radical (unpaired) electrons. The van der Waals surface area contributed by atoms with Gasteiger partial charge in [-0.15, -0.1) is 0 Å². The van der Waals surface area contributed by atoms with Crippen molar-refractivity contribution in [3.8, 4) is 11.5 Å². The van der Waals surface area contributed by atoms with Gasteiger partial charge in [0.15, 0.2) is 0 Å². The molecule has 0 heterocycles. The molecular formula is C14H10F2O3. The van der Waals surface area contributed by atoms with Crippen molar-refractivity contribution >= 4 is 5.97 Å². The Kier molecular flexibility index (Phi) is 3.75. The number of carbonyl (C=O) groups is 1. The Morgan fingerprint density at radius 1 is 0.947 bits per heavy atom. The fourth-order valence-corrected chi connectivity index (χ4v) is 1.48. The smallest absolute Gasteiger partial charge is 0.335 e. The van der Waals surface area contributed by atoms with Crippen LogP contribution in [-0.4, -0.2) is 11.1 Å². The molecule has 2 aromatic carbocycles. The molecule has 19 heavy (non-hydrogen) atoms. The zero-order valence-electron chi connectivity index (χ0n) is 9.72. The third-order valence-electron chi connectivity index (χ3n) is 2.47. The summed E-state index contributed by atoms with van der Waals surface area (Å²) in [5, 5.41) is 8.74. The number of halogens is 2. The first-order valence-electron chi connectivity index (χ1n) is 5.45. The minimum absolute atomic E-state index is 0.0754. The zero-order chi connectivity index (χ0) is 13.8. The topological polar surface area (TPSA) is 46.5 Å². The van der Waals surface area contributed by atoms with Gasteiger partial charge in [-0.05, 0) is 48.5 Å². The van der Waals surface area contributed by atoms with Crippen molar-refractivity contribution in [1.29, 1.82) is 0 Å². The lowest BCUT2D eigenvalue weighted by molar-refractivity contribution is 0.0697. The van der Waals surface area contributed by atoms with Crippen LogP contribution in [0.2, 0.25) is 0 Å². The van der Waals surface area contributed by atoms with Gasteiger partial charge in [0.25, 0.3) is 6.43 Å². The highest BCUT2D eigenvalue weighted by atomic mass is 19.3. The summed E-state index contributed by atoms with van der Waals surface area (Å²) in [7, 11) is 0. The zero-order valence-corrected chi connectivity index (χ0v) is 9.72. The third-order valence-corrected chi connectivity index (χ3v) is 2.47. The maximum absolute atomic E-state index is 12.3. The molecule has 0 aliphatic carbocycles. The molecule has 0 saturated heterocycles. The summed E-state index contributed by atoms with van der Waals surface area (Å²) < 4.78 is 30.1. The maximum Gasteiger partial charge on any atom is 0.335 e. The van der Waals surface area contributed by atoms with E-state index in [9.17, 15) is 13.6 Å². The quantitative estimate of drug-likeness (QED) is 0.903. The van der Waals surface area contributed by atoms with E-state index in [4.69, 9.17) is 9.84 Å². The van der Waals surface area contributed by atoms with Crippen molar-refractivity contribution < 1.29 is 23.4 Å². The predicted molar refractivity (Wildman–Crippen MR) is 64.9 cm³/mol. The molecule has 2 aromatic rings. The van der Waals surface area contributed by atoms with E-state index in [2.05, 4.69) is 0 Å². The molecule has 0 saturated carbocycles. The Balaban J connectivity index is 2.10. The van der Waals surface area contributed by atoms with E-state index < -0.39 is 12.4 Å². The molecular weight excluding hydrogens is 254 g/mol. The summed E-state index contributed by atoms with van der Waals surface area (Å²) in [4.78, 5) is 10.7. The highest BCUT2D eigenvalue weighted by molar-refractivity contribution is 5.87. The summed E-state index contributed by atoms with van der Waals surface area (Å²) in [6.45, 7) is 0. The van der Waals surface area contributed by atoms with Crippen LogP contribution < -0.4 is 4.74 Å². The highest BCUT2D eigenvalue weighted by Crippen LogP contribution is 2.25. The largest absolute Gasteiger partial charge is 0.478 e. The molecule has 0 aromatic heterocycles. The van der Waals surface area contributed by atoms with E-state index >= 15 is 0 Å². The Morgan fingerprint density at radius 2 is 1.42 bits per heavy atom. The van der Waals surface area contributed by atoms with Crippen LogP contribution in [0.3, 0.4) is 0 Å². The molecule has 0 bridgehead atoms.